The van der Waals surface area contributed by atoms with Gasteiger partial charge in [0.2, 0.25) is 0 Å². The molecule has 0 atom stereocenters. The number of nitrogens with zero attached hydrogens (tertiary/aromatic N) is 6. The average Bonchev–Trinajstić information content (AvgIpc) is 0.836. The van der Waals surface area contributed by atoms with Gasteiger partial charge in [-0.3, -0.25) is 28.9 Å². The van der Waals surface area contributed by atoms with Crippen molar-refractivity contribution < 1.29 is 59.0 Å². The van der Waals surface area contributed by atoms with Gasteiger partial charge >= 0.3 is 0 Å². The molecule has 136 heavy (non-hydrogen) atoms. The van der Waals surface area contributed by atoms with Crippen molar-refractivity contribution in [3.8, 4) is 34.5 Å². The molecule has 0 aliphatic carbocycles. The lowest BCUT2D eigenvalue weighted by molar-refractivity contribution is 0.0340. The lowest BCUT2D eigenvalue weighted by atomic mass is 9.91. The van der Waals surface area contributed by atoms with Gasteiger partial charge in [-0.25, -0.2) is 0 Å². The molecule has 1 fully saturated rings. The summed E-state index contributed by atoms with van der Waals surface area (Å²) in [6.07, 6.45) is 2.29. The number of hydrogen-bond donors (Lipinski definition) is 5. The van der Waals surface area contributed by atoms with Gasteiger partial charge in [0.15, 0.2) is 0 Å². The van der Waals surface area contributed by atoms with E-state index in [9.17, 15) is 49.5 Å². The molecule has 10 aromatic carbocycles. The van der Waals surface area contributed by atoms with Crippen LogP contribution in [0.3, 0.4) is 0 Å². The Hall–Kier alpha value is -11.7. The number of hydrogen-bond acceptors (Lipinski definition) is 13. The molecule has 0 spiro atoms. The predicted molar refractivity (Wildman–Crippen MR) is 569 cm³/mol. The van der Waals surface area contributed by atoms with E-state index in [1.807, 2.05) is 112 Å². The highest BCUT2D eigenvalue weighted by Gasteiger charge is 2.24. The number of methoxy groups -OCH3 is 1. The zero-order chi connectivity index (χ0) is 103. The first-order valence-corrected chi connectivity index (χ1v) is 48.3. The number of para-hydroxylation sites is 5. The number of carbonyl (C=O) groups is 5. The van der Waals surface area contributed by atoms with E-state index in [1.165, 1.54) is 74.6 Å². The zero-order valence-electron chi connectivity index (χ0n) is 89.3. The van der Waals surface area contributed by atoms with Gasteiger partial charge in [0.25, 0.3) is 29.5 Å². The van der Waals surface area contributed by atoms with Crippen LogP contribution >= 0.6 is 0 Å². The van der Waals surface area contributed by atoms with Crippen molar-refractivity contribution in [2.24, 2.45) is 0 Å². The van der Waals surface area contributed by atoms with Gasteiger partial charge in [-0.2, -0.15) is 0 Å². The Bertz CT molecular complexity index is 4730. The molecule has 0 radical (unpaired) electrons. The fourth-order valence-electron chi connectivity index (χ4n) is 14.6. The Labute approximate surface area is 820 Å². The minimum absolute atomic E-state index is 0.103. The Balaban J connectivity index is 0.000000513. The van der Waals surface area contributed by atoms with Gasteiger partial charge in [0, 0.05) is 90.1 Å². The van der Waals surface area contributed by atoms with Crippen LogP contribution in [0, 0.1) is 0 Å². The Morgan fingerprint density at radius 2 is 0.522 bits per heavy atom. The number of rotatable bonds is 21. The summed E-state index contributed by atoms with van der Waals surface area (Å²) >= 11 is 0. The molecule has 11 rings (SSSR count). The van der Waals surface area contributed by atoms with Gasteiger partial charge in [-0.15, -0.1) is 0 Å². The standard InChI is InChI=1S/C14H21NO.5C12H17NO2.C12H18.2C11H16.C10H14O/c1-12(2)14-6-4-3-5-13(14)11-15-7-9-16-10-8-15;5*1-8(2)9-6-5-7-10(11(9)14)12(15)13(3)4;1-9(2)11-7-5-6-8-12(11)10(3)4;1-4-10-6-5-7-11(8-10)9(2)3;1-4-10-7-5-6-8-11(10)9(2)3;1-8(2)9-5-4-6-10(7-9)11-3/h3-6,12H,7-11H2,1-2H3;5*5-8,14H,1-4H3;5-10H,1-4H3;2*5-9H,4H2,1-3H3;4-8H,1-3H3. The molecule has 0 saturated carbocycles. The molecular weight excluding hydrogens is 1690 g/mol. The molecule has 18 nitrogen and oxygen atoms in total. The summed E-state index contributed by atoms with van der Waals surface area (Å²) in [7, 11) is 18.4. The second kappa shape index (κ2) is 61.4. The summed E-state index contributed by atoms with van der Waals surface area (Å²) in [5.41, 5.74) is 19.0. The van der Waals surface area contributed by atoms with E-state index in [0.29, 0.717) is 63.3 Å². The van der Waals surface area contributed by atoms with E-state index >= 15 is 0 Å². The number of carbonyl (C=O) groups excluding carboxylic acids is 5. The van der Waals surface area contributed by atoms with Crippen molar-refractivity contribution in [2.75, 3.05) is 104 Å². The molecule has 1 aliphatic heterocycles. The minimum atomic E-state index is -0.171. The molecule has 1 heterocycles. The highest BCUT2D eigenvalue weighted by Crippen LogP contribution is 2.36. The quantitative estimate of drug-likeness (QED) is 0.0452. The molecular formula is C118H170N6O12. The van der Waals surface area contributed by atoms with Gasteiger partial charge in [-0.1, -0.05) is 336 Å². The molecule has 0 unspecified atom stereocenters. The lowest BCUT2D eigenvalue weighted by Crippen LogP contribution is -2.35. The number of phenolic OH excluding ortho intramolecular Hbond substituents is 5. The summed E-state index contributed by atoms with van der Waals surface area (Å²) in [6.45, 7) is 56.0. The molecule has 744 valence electrons. The zero-order valence-corrected chi connectivity index (χ0v) is 89.3. The Morgan fingerprint density at radius 3 is 0.765 bits per heavy atom. The van der Waals surface area contributed by atoms with Crippen LogP contribution in [0.2, 0.25) is 0 Å². The van der Waals surface area contributed by atoms with Crippen molar-refractivity contribution in [3.05, 3.63) is 318 Å². The van der Waals surface area contributed by atoms with Crippen LogP contribution in [-0.4, -0.2) is 188 Å². The number of ether oxygens (including phenoxy) is 2. The number of aryl methyl sites for hydroxylation is 2. The van der Waals surface area contributed by atoms with E-state index in [0.717, 1.165) is 79.3 Å². The largest absolute Gasteiger partial charge is 0.507 e. The van der Waals surface area contributed by atoms with Crippen LogP contribution < -0.4 is 4.74 Å². The summed E-state index contributed by atoms with van der Waals surface area (Å²) in [6, 6.07) is 69.6. The fraction of sp³-hybridized carbons (Fsp3) is 0.449. The Morgan fingerprint density at radius 1 is 0.287 bits per heavy atom. The maximum atomic E-state index is 11.7. The van der Waals surface area contributed by atoms with Crippen molar-refractivity contribution >= 4 is 29.5 Å². The van der Waals surface area contributed by atoms with E-state index < -0.39 is 0 Å². The minimum Gasteiger partial charge on any atom is -0.507 e. The van der Waals surface area contributed by atoms with Crippen LogP contribution in [0.15, 0.2) is 212 Å². The van der Waals surface area contributed by atoms with E-state index in [1.54, 1.807) is 138 Å². The molecule has 0 bridgehead atoms. The second-order valence-corrected chi connectivity index (χ2v) is 38.6. The lowest BCUT2D eigenvalue weighted by Gasteiger charge is -2.27. The molecule has 18 heteroatoms. The van der Waals surface area contributed by atoms with Gasteiger partial charge in [0.1, 0.15) is 34.5 Å². The molecule has 5 amide bonds. The first kappa shape index (κ1) is 120. The SMILES string of the molecule is CC(C)c1cccc(C(=O)N(C)C)c1O.CC(C)c1cccc(C(=O)N(C)C)c1O.CC(C)c1cccc(C(=O)N(C)C)c1O.CC(C)c1cccc(C(=O)N(C)C)c1O.CC(C)c1cccc(C(=O)N(C)C)c1O.CC(C)c1ccccc1C(C)C.CC(C)c1ccccc1CN1CCOCC1.CCc1cccc(C(C)C)c1.CCc1ccccc1C(C)C.COc1cccc(C(C)C)c1. The second-order valence-electron chi connectivity index (χ2n) is 38.6. The first-order chi connectivity index (χ1) is 63.9. The van der Waals surface area contributed by atoms with Crippen LogP contribution in [0.4, 0.5) is 0 Å². The molecule has 10 aromatic rings. The predicted octanol–water partition coefficient (Wildman–Crippen LogP) is 27.2. The number of amides is 5. The van der Waals surface area contributed by atoms with Crippen molar-refractivity contribution in [2.45, 2.75) is 251 Å². The van der Waals surface area contributed by atoms with Crippen molar-refractivity contribution in [1.82, 2.24) is 29.4 Å². The molecule has 1 aliphatic rings. The van der Waals surface area contributed by atoms with Crippen LogP contribution in [0.1, 0.15) is 361 Å². The van der Waals surface area contributed by atoms with Crippen molar-refractivity contribution in [1.29, 1.82) is 0 Å². The summed E-state index contributed by atoms with van der Waals surface area (Å²) < 4.78 is 10.5. The highest BCUT2D eigenvalue weighted by molar-refractivity contribution is 5.99. The summed E-state index contributed by atoms with van der Waals surface area (Å²) in [5.74, 6) is 5.42. The number of benzene rings is 10. The summed E-state index contributed by atoms with van der Waals surface area (Å²) in [5, 5.41) is 49.7. The number of phenols is 5. The molecule has 5 N–H and O–H groups in total. The van der Waals surface area contributed by atoms with Gasteiger partial charge < -0.3 is 59.5 Å². The number of aromatic hydroxyl groups is 5. The maximum Gasteiger partial charge on any atom is 0.257 e. The van der Waals surface area contributed by atoms with E-state index in [-0.39, 0.29) is 87.9 Å². The monoisotopic (exact) mass is 1860 g/mol. The molecule has 0 aromatic heterocycles. The van der Waals surface area contributed by atoms with E-state index in [2.05, 4.69) is 211 Å². The van der Waals surface area contributed by atoms with Gasteiger partial charge in [0.05, 0.1) is 48.1 Å². The fourth-order valence-corrected chi connectivity index (χ4v) is 14.6. The average molecular weight is 1860 g/mol. The third-order valence-corrected chi connectivity index (χ3v) is 22.9. The third kappa shape index (κ3) is 39.5. The van der Waals surface area contributed by atoms with Crippen molar-refractivity contribution in [3.63, 3.8) is 0 Å². The maximum absolute atomic E-state index is 11.7. The third-order valence-electron chi connectivity index (χ3n) is 22.9. The number of morpholine rings is 1. The van der Waals surface area contributed by atoms with Crippen LogP contribution in [0.5, 0.6) is 34.5 Å². The van der Waals surface area contributed by atoms with Crippen LogP contribution in [-0.2, 0) is 24.1 Å². The van der Waals surface area contributed by atoms with Gasteiger partial charge in [-0.05, 0) is 198 Å². The van der Waals surface area contributed by atoms with E-state index in [4.69, 9.17) is 9.47 Å². The topological polar surface area (TPSA) is 224 Å². The van der Waals surface area contributed by atoms with Crippen LogP contribution in [0.25, 0.3) is 0 Å². The smallest absolute Gasteiger partial charge is 0.257 e. The Kier molecular flexibility index (Phi) is 54.3. The first-order valence-electron chi connectivity index (χ1n) is 48.3. The summed E-state index contributed by atoms with van der Waals surface area (Å²) in [4.78, 5) is 68.3. The normalized spacial score (nSPS) is 11.4. The molecule has 1 saturated heterocycles. The highest BCUT2D eigenvalue weighted by atomic mass is 16.5.